The van der Waals surface area contributed by atoms with Gasteiger partial charge in [0, 0.05) is 16.9 Å². The number of benzene rings is 2. The standard InChI is InChI=1S/C17H10ClFN4O/c18-12-4-5-16(22-10-11(8-20)9-21)15(6-12)17(24)23-14-3-1-2-13(19)7-14/h1-7,10,22H,(H,23,24). The Morgan fingerprint density at radius 3 is 2.58 bits per heavy atom. The van der Waals surface area contributed by atoms with Gasteiger partial charge in [0.2, 0.25) is 0 Å². The van der Waals surface area contributed by atoms with Crippen molar-refractivity contribution in [1.82, 2.24) is 0 Å². The van der Waals surface area contributed by atoms with Crippen LogP contribution in [-0.4, -0.2) is 5.91 Å². The Morgan fingerprint density at radius 2 is 1.92 bits per heavy atom. The van der Waals surface area contributed by atoms with Crippen molar-refractivity contribution in [2.24, 2.45) is 0 Å². The highest BCUT2D eigenvalue weighted by Crippen LogP contribution is 2.22. The molecule has 24 heavy (non-hydrogen) atoms. The van der Waals surface area contributed by atoms with E-state index >= 15 is 0 Å². The van der Waals surface area contributed by atoms with Crippen LogP contribution in [0.1, 0.15) is 10.4 Å². The van der Waals surface area contributed by atoms with Gasteiger partial charge < -0.3 is 10.6 Å². The SMILES string of the molecule is N#CC(C#N)=CNc1ccc(Cl)cc1C(=O)Nc1cccc(F)c1. The predicted octanol–water partition coefficient (Wildman–Crippen LogP) is 4.07. The summed E-state index contributed by atoms with van der Waals surface area (Å²) in [7, 11) is 0. The number of amides is 1. The van der Waals surface area contributed by atoms with E-state index in [0.717, 1.165) is 0 Å². The van der Waals surface area contributed by atoms with Crippen LogP contribution in [-0.2, 0) is 0 Å². The van der Waals surface area contributed by atoms with Gasteiger partial charge in [-0.3, -0.25) is 4.79 Å². The first-order valence-electron chi connectivity index (χ1n) is 6.67. The molecule has 2 aromatic carbocycles. The van der Waals surface area contributed by atoms with E-state index in [1.165, 1.54) is 36.5 Å². The minimum absolute atomic E-state index is 0.151. The number of hydrogen-bond acceptors (Lipinski definition) is 4. The molecule has 0 heterocycles. The maximum atomic E-state index is 13.2. The lowest BCUT2D eigenvalue weighted by Gasteiger charge is -2.11. The van der Waals surface area contributed by atoms with Gasteiger partial charge in [0.15, 0.2) is 0 Å². The lowest BCUT2D eigenvalue weighted by Crippen LogP contribution is -2.14. The molecule has 7 heteroatoms. The van der Waals surface area contributed by atoms with Crippen LogP contribution in [0.15, 0.2) is 54.2 Å². The summed E-state index contributed by atoms with van der Waals surface area (Å²) in [5.41, 5.74) is 0.659. The molecular formula is C17H10ClFN4O. The Hall–Kier alpha value is -3.35. The highest BCUT2D eigenvalue weighted by Gasteiger charge is 2.12. The lowest BCUT2D eigenvalue weighted by molar-refractivity contribution is 0.102. The molecule has 0 saturated carbocycles. The first-order valence-corrected chi connectivity index (χ1v) is 7.04. The number of nitriles is 2. The molecule has 0 saturated heterocycles. The smallest absolute Gasteiger partial charge is 0.257 e. The van der Waals surface area contributed by atoms with E-state index in [4.69, 9.17) is 22.1 Å². The number of carbonyl (C=O) groups is 1. The second-order valence-electron chi connectivity index (χ2n) is 4.58. The van der Waals surface area contributed by atoms with Crippen LogP contribution >= 0.6 is 11.6 Å². The van der Waals surface area contributed by atoms with Crippen molar-refractivity contribution in [3.63, 3.8) is 0 Å². The highest BCUT2D eigenvalue weighted by molar-refractivity contribution is 6.31. The predicted molar refractivity (Wildman–Crippen MR) is 88.7 cm³/mol. The minimum atomic E-state index is -0.519. The fourth-order valence-corrected chi connectivity index (χ4v) is 2.01. The van der Waals surface area contributed by atoms with Gasteiger partial charge in [0.1, 0.15) is 23.5 Å². The summed E-state index contributed by atoms with van der Waals surface area (Å²) >= 11 is 5.92. The number of rotatable bonds is 4. The van der Waals surface area contributed by atoms with Gasteiger partial charge in [-0.2, -0.15) is 10.5 Å². The third-order valence-electron chi connectivity index (χ3n) is 2.92. The Bertz CT molecular complexity index is 880. The zero-order valence-electron chi connectivity index (χ0n) is 12.2. The molecule has 5 nitrogen and oxygen atoms in total. The summed E-state index contributed by atoms with van der Waals surface area (Å²) < 4.78 is 13.2. The van der Waals surface area contributed by atoms with Gasteiger partial charge in [-0.05, 0) is 36.4 Å². The number of carbonyl (C=O) groups excluding carboxylic acids is 1. The largest absolute Gasteiger partial charge is 0.359 e. The molecule has 0 spiro atoms. The minimum Gasteiger partial charge on any atom is -0.359 e. The van der Waals surface area contributed by atoms with E-state index in [9.17, 15) is 9.18 Å². The lowest BCUT2D eigenvalue weighted by atomic mass is 10.1. The van der Waals surface area contributed by atoms with Crippen molar-refractivity contribution in [2.75, 3.05) is 10.6 Å². The number of hydrogen-bond donors (Lipinski definition) is 2. The van der Waals surface area contributed by atoms with Crippen molar-refractivity contribution in [3.05, 3.63) is 70.6 Å². The van der Waals surface area contributed by atoms with E-state index in [-0.39, 0.29) is 16.8 Å². The van der Waals surface area contributed by atoms with E-state index in [2.05, 4.69) is 10.6 Å². The van der Waals surface area contributed by atoms with E-state index in [1.54, 1.807) is 24.3 Å². The number of anilines is 2. The van der Waals surface area contributed by atoms with E-state index in [0.29, 0.717) is 10.7 Å². The van der Waals surface area contributed by atoms with E-state index in [1.807, 2.05) is 0 Å². The van der Waals surface area contributed by atoms with Crippen LogP contribution in [0.25, 0.3) is 0 Å². The average Bonchev–Trinajstić information content (AvgIpc) is 2.56. The fourth-order valence-electron chi connectivity index (χ4n) is 1.83. The molecule has 0 aliphatic carbocycles. The molecule has 0 unspecified atom stereocenters. The zero-order chi connectivity index (χ0) is 17.5. The topological polar surface area (TPSA) is 88.7 Å². The molecule has 0 bridgehead atoms. The molecule has 2 rings (SSSR count). The van der Waals surface area contributed by atoms with Crippen molar-refractivity contribution in [1.29, 1.82) is 10.5 Å². The molecule has 2 aromatic rings. The molecule has 2 N–H and O–H groups in total. The summed E-state index contributed by atoms with van der Waals surface area (Å²) in [5.74, 6) is -0.998. The normalized spacial score (nSPS) is 9.33. The highest BCUT2D eigenvalue weighted by atomic mass is 35.5. The third kappa shape index (κ3) is 4.33. The summed E-state index contributed by atoms with van der Waals surface area (Å²) in [6.07, 6.45) is 1.18. The van der Waals surface area contributed by atoms with Gasteiger partial charge in [-0.1, -0.05) is 17.7 Å². The van der Waals surface area contributed by atoms with Gasteiger partial charge in [0.05, 0.1) is 11.3 Å². The molecule has 118 valence electrons. The molecular weight excluding hydrogens is 331 g/mol. The quantitative estimate of drug-likeness (QED) is 0.821. The summed E-state index contributed by atoms with van der Waals surface area (Å²) in [5, 5.41) is 23.1. The summed E-state index contributed by atoms with van der Waals surface area (Å²) in [6.45, 7) is 0. The molecule has 0 radical (unpaired) electrons. The number of nitrogens with zero attached hydrogens (tertiary/aromatic N) is 2. The van der Waals surface area contributed by atoms with Gasteiger partial charge in [0.25, 0.3) is 5.91 Å². The maximum absolute atomic E-state index is 13.2. The second kappa shape index (κ2) is 7.77. The molecule has 0 aliphatic rings. The van der Waals surface area contributed by atoms with Crippen LogP contribution in [0.3, 0.4) is 0 Å². The van der Waals surface area contributed by atoms with Crippen molar-refractivity contribution in [3.8, 4) is 12.1 Å². The third-order valence-corrected chi connectivity index (χ3v) is 3.16. The second-order valence-corrected chi connectivity index (χ2v) is 5.02. The number of allylic oxidation sites excluding steroid dienone is 1. The van der Waals surface area contributed by atoms with Crippen LogP contribution in [0.5, 0.6) is 0 Å². The summed E-state index contributed by atoms with van der Waals surface area (Å²) in [6, 6.07) is 13.4. The summed E-state index contributed by atoms with van der Waals surface area (Å²) in [4.78, 5) is 12.4. The average molecular weight is 341 g/mol. The first-order chi connectivity index (χ1) is 11.5. The Kier molecular flexibility index (Phi) is 5.51. The number of halogens is 2. The van der Waals surface area contributed by atoms with Crippen LogP contribution in [0.2, 0.25) is 5.02 Å². The molecule has 0 aromatic heterocycles. The van der Waals surface area contributed by atoms with Gasteiger partial charge in [-0.25, -0.2) is 4.39 Å². The number of nitrogens with one attached hydrogen (secondary N) is 2. The van der Waals surface area contributed by atoms with Crippen LogP contribution in [0.4, 0.5) is 15.8 Å². The van der Waals surface area contributed by atoms with Crippen LogP contribution < -0.4 is 10.6 Å². The van der Waals surface area contributed by atoms with Crippen LogP contribution in [0, 0.1) is 28.5 Å². The Labute approximate surface area is 142 Å². The first kappa shape index (κ1) is 17.0. The van der Waals surface area contributed by atoms with E-state index < -0.39 is 11.7 Å². The Morgan fingerprint density at radius 1 is 1.17 bits per heavy atom. The van der Waals surface area contributed by atoms with Crippen molar-refractivity contribution in [2.45, 2.75) is 0 Å². The fraction of sp³-hybridized carbons (Fsp3) is 0. The van der Waals surface area contributed by atoms with Gasteiger partial charge in [-0.15, -0.1) is 0 Å². The molecule has 1 amide bonds. The molecule has 0 atom stereocenters. The maximum Gasteiger partial charge on any atom is 0.257 e. The monoisotopic (exact) mass is 340 g/mol. The van der Waals surface area contributed by atoms with Crippen molar-refractivity contribution < 1.29 is 9.18 Å². The molecule has 0 aliphatic heterocycles. The Balaban J connectivity index is 2.30. The van der Waals surface area contributed by atoms with Gasteiger partial charge >= 0.3 is 0 Å². The van der Waals surface area contributed by atoms with Crippen molar-refractivity contribution >= 4 is 28.9 Å². The molecule has 0 fully saturated rings. The zero-order valence-corrected chi connectivity index (χ0v) is 12.9.